The number of aromatic nitrogens is 1. The lowest BCUT2D eigenvalue weighted by Crippen LogP contribution is -2.44. The molecule has 1 aliphatic heterocycles. The first-order valence-electron chi connectivity index (χ1n) is 10.4. The first-order chi connectivity index (χ1) is 16.3. The number of anilines is 1. The quantitative estimate of drug-likeness (QED) is 0.500. The van der Waals surface area contributed by atoms with E-state index in [0.717, 1.165) is 0 Å². The standard InChI is InChI=1S/C23H21ClF2N4O4/c24-21-14(2-1-3-19(21)26)10-28-22(32)30-11-18(8-17(30)12-31)34-23(33)29-20-7-15-6-16(25)5-4-13(15)9-27-20/h1-7,9,17-18,31H,8,10-12H2,(H,28,32)(H,27,29,33)/t17-,18+/m0/s1. The first-order valence-corrected chi connectivity index (χ1v) is 10.8. The fraction of sp³-hybridized carbons (Fsp3) is 0.261. The van der Waals surface area contributed by atoms with Gasteiger partial charge in [-0.3, -0.25) is 5.32 Å². The number of aliphatic hydroxyl groups is 1. The van der Waals surface area contributed by atoms with E-state index in [-0.39, 0.29) is 37.0 Å². The minimum atomic E-state index is -0.793. The van der Waals surface area contributed by atoms with Crippen molar-refractivity contribution in [1.29, 1.82) is 0 Å². The van der Waals surface area contributed by atoms with Crippen molar-refractivity contribution in [3.8, 4) is 0 Å². The van der Waals surface area contributed by atoms with Gasteiger partial charge in [-0.25, -0.2) is 23.4 Å². The van der Waals surface area contributed by atoms with Crippen molar-refractivity contribution in [2.75, 3.05) is 18.5 Å². The van der Waals surface area contributed by atoms with Gasteiger partial charge in [0.25, 0.3) is 0 Å². The molecular weight excluding hydrogens is 470 g/mol. The van der Waals surface area contributed by atoms with Gasteiger partial charge in [-0.2, -0.15) is 0 Å². The zero-order chi connectivity index (χ0) is 24.2. The van der Waals surface area contributed by atoms with Gasteiger partial charge in [-0.05, 0) is 41.3 Å². The normalized spacial score (nSPS) is 17.6. The molecule has 1 aliphatic rings. The average molecular weight is 491 g/mol. The van der Waals surface area contributed by atoms with Crippen molar-refractivity contribution in [3.05, 3.63) is 70.9 Å². The third-order valence-electron chi connectivity index (χ3n) is 5.50. The number of amides is 3. The van der Waals surface area contributed by atoms with E-state index < -0.39 is 35.9 Å². The van der Waals surface area contributed by atoms with Crippen LogP contribution < -0.4 is 10.6 Å². The van der Waals surface area contributed by atoms with E-state index in [0.29, 0.717) is 16.3 Å². The first kappa shape index (κ1) is 23.7. The van der Waals surface area contributed by atoms with Gasteiger partial charge in [-0.15, -0.1) is 0 Å². The number of halogens is 3. The molecule has 1 aromatic heterocycles. The van der Waals surface area contributed by atoms with Crippen molar-refractivity contribution in [3.63, 3.8) is 0 Å². The molecule has 11 heteroatoms. The number of hydrogen-bond donors (Lipinski definition) is 3. The van der Waals surface area contributed by atoms with Gasteiger partial charge in [0.15, 0.2) is 0 Å². The van der Waals surface area contributed by atoms with Crippen molar-refractivity contribution >= 4 is 40.3 Å². The van der Waals surface area contributed by atoms with E-state index in [4.69, 9.17) is 16.3 Å². The Morgan fingerprint density at radius 3 is 2.82 bits per heavy atom. The van der Waals surface area contributed by atoms with E-state index in [2.05, 4.69) is 15.6 Å². The third-order valence-corrected chi connectivity index (χ3v) is 5.92. The van der Waals surface area contributed by atoms with Crippen molar-refractivity contribution in [2.45, 2.75) is 25.1 Å². The van der Waals surface area contributed by atoms with Crippen molar-refractivity contribution in [2.24, 2.45) is 0 Å². The molecule has 4 rings (SSSR count). The van der Waals surface area contributed by atoms with Crippen LogP contribution in [0.15, 0.2) is 48.7 Å². The lowest BCUT2D eigenvalue weighted by Gasteiger charge is -2.23. The highest BCUT2D eigenvalue weighted by molar-refractivity contribution is 6.31. The molecule has 1 saturated heterocycles. The van der Waals surface area contributed by atoms with Crippen LogP contribution >= 0.6 is 11.6 Å². The molecule has 3 amide bonds. The molecule has 8 nitrogen and oxygen atoms in total. The molecular formula is C23H21ClF2N4O4. The second kappa shape index (κ2) is 10.2. The summed E-state index contributed by atoms with van der Waals surface area (Å²) in [7, 11) is 0. The number of aliphatic hydroxyl groups excluding tert-OH is 1. The Kier molecular flexibility index (Phi) is 7.09. The topological polar surface area (TPSA) is 104 Å². The van der Waals surface area contributed by atoms with Gasteiger partial charge in [0.2, 0.25) is 0 Å². The number of ether oxygens (including phenoxy) is 1. The zero-order valence-electron chi connectivity index (χ0n) is 17.8. The van der Waals surface area contributed by atoms with Crippen LogP contribution in [0.4, 0.5) is 24.2 Å². The number of benzene rings is 2. The van der Waals surface area contributed by atoms with E-state index in [9.17, 15) is 23.5 Å². The largest absolute Gasteiger partial charge is 0.444 e. The molecule has 0 spiro atoms. The lowest BCUT2D eigenvalue weighted by atomic mass is 10.2. The molecule has 2 aromatic carbocycles. The Labute approximate surface area is 198 Å². The molecule has 3 aromatic rings. The lowest BCUT2D eigenvalue weighted by molar-refractivity contribution is 0.114. The summed E-state index contributed by atoms with van der Waals surface area (Å²) in [5, 5.41) is 16.0. The second-order valence-electron chi connectivity index (χ2n) is 7.81. The average Bonchev–Trinajstić information content (AvgIpc) is 3.22. The van der Waals surface area contributed by atoms with Crippen molar-refractivity contribution < 1.29 is 28.2 Å². The molecule has 0 unspecified atom stereocenters. The highest BCUT2D eigenvalue weighted by atomic mass is 35.5. The zero-order valence-corrected chi connectivity index (χ0v) is 18.6. The minimum absolute atomic E-state index is 0.00961. The van der Waals surface area contributed by atoms with Gasteiger partial charge in [-0.1, -0.05) is 23.7 Å². The Bertz CT molecular complexity index is 1230. The fourth-order valence-electron chi connectivity index (χ4n) is 3.80. The number of nitrogens with one attached hydrogen (secondary N) is 2. The molecule has 3 N–H and O–H groups in total. The summed E-state index contributed by atoms with van der Waals surface area (Å²) in [6.07, 6.45) is 0.268. The highest BCUT2D eigenvalue weighted by Crippen LogP contribution is 2.23. The Morgan fingerprint density at radius 2 is 2.03 bits per heavy atom. The molecule has 0 radical (unpaired) electrons. The predicted molar refractivity (Wildman–Crippen MR) is 121 cm³/mol. The molecule has 0 aliphatic carbocycles. The second-order valence-corrected chi connectivity index (χ2v) is 8.19. The third kappa shape index (κ3) is 5.35. The van der Waals surface area contributed by atoms with Crippen molar-refractivity contribution in [1.82, 2.24) is 15.2 Å². The molecule has 1 fully saturated rings. The van der Waals surface area contributed by atoms with Crippen LogP contribution in [0.1, 0.15) is 12.0 Å². The fourth-order valence-corrected chi connectivity index (χ4v) is 4.00. The van der Waals surface area contributed by atoms with Crippen LogP contribution in [-0.4, -0.2) is 52.4 Å². The summed E-state index contributed by atoms with van der Waals surface area (Å²) in [5.74, 6) is -0.819. The molecule has 2 atom stereocenters. The summed E-state index contributed by atoms with van der Waals surface area (Å²) in [6, 6.07) is 8.95. The van der Waals surface area contributed by atoms with E-state index in [1.165, 1.54) is 41.4 Å². The number of fused-ring (bicyclic) bond motifs is 1. The molecule has 178 valence electrons. The van der Waals surface area contributed by atoms with Gasteiger partial charge in [0.05, 0.1) is 24.2 Å². The van der Waals surface area contributed by atoms with Crippen LogP contribution in [0.5, 0.6) is 0 Å². The smallest absolute Gasteiger partial charge is 0.413 e. The number of pyridine rings is 1. The SMILES string of the molecule is O=C(Nc1cc2cc(F)ccc2cn1)O[C@@H]1C[C@@H](CO)N(C(=O)NCc2cccc(F)c2Cl)C1. The minimum Gasteiger partial charge on any atom is -0.444 e. The number of likely N-dealkylation sites (tertiary alicyclic amines) is 1. The summed E-state index contributed by atoms with van der Waals surface area (Å²) >= 11 is 5.91. The molecule has 0 saturated carbocycles. The molecule has 0 bridgehead atoms. The van der Waals surface area contributed by atoms with E-state index in [1.54, 1.807) is 12.1 Å². The molecule has 2 heterocycles. The maximum atomic E-state index is 13.6. The summed E-state index contributed by atoms with van der Waals surface area (Å²) in [4.78, 5) is 30.4. The predicted octanol–water partition coefficient (Wildman–Crippen LogP) is 4.06. The number of hydrogen-bond acceptors (Lipinski definition) is 5. The van der Waals surface area contributed by atoms with Crippen LogP contribution in [0.3, 0.4) is 0 Å². The van der Waals surface area contributed by atoms with Gasteiger partial charge >= 0.3 is 12.1 Å². The maximum Gasteiger partial charge on any atom is 0.413 e. The highest BCUT2D eigenvalue weighted by Gasteiger charge is 2.37. The van der Waals surface area contributed by atoms with Gasteiger partial charge in [0, 0.05) is 24.5 Å². The number of carbonyl (C=O) groups excluding carboxylic acids is 2. The summed E-state index contributed by atoms with van der Waals surface area (Å²) in [6.45, 7) is -0.282. The van der Waals surface area contributed by atoms with Gasteiger partial charge in [0.1, 0.15) is 23.6 Å². The number of urea groups is 1. The monoisotopic (exact) mass is 490 g/mol. The van der Waals surface area contributed by atoms with E-state index in [1.807, 2.05) is 0 Å². The van der Waals surface area contributed by atoms with Crippen LogP contribution in [0.25, 0.3) is 10.8 Å². The number of rotatable bonds is 5. The van der Waals surface area contributed by atoms with Gasteiger partial charge < -0.3 is 20.1 Å². The number of carbonyl (C=O) groups is 2. The van der Waals surface area contributed by atoms with Crippen LogP contribution in [0, 0.1) is 11.6 Å². The maximum absolute atomic E-state index is 13.6. The Morgan fingerprint density at radius 1 is 1.21 bits per heavy atom. The Balaban J connectivity index is 1.34. The summed E-state index contributed by atoms with van der Waals surface area (Å²) in [5.41, 5.74) is 0.407. The molecule has 34 heavy (non-hydrogen) atoms. The van der Waals surface area contributed by atoms with Crippen LogP contribution in [0.2, 0.25) is 5.02 Å². The Hall–Kier alpha value is -3.50. The van der Waals surface area contributed by atoms with E-state index >= 15 is 0 Å². The van der Waals surface area contributed by atoms with Crippen LogP contribution in [-0.2, 0) is 11.3 Å². The summed E-state index contributed by atoms with van der Waals surface area (Å²) < 4.78 is 32.4. The number of nitrogens with zero attached hydrogens (tertiary/aromatic N) is 2.